The number of halogens is 1. The van der Waals surface area contributed by atoms with Crippen LogP contribution in [-0.4, -0.2) is 58.4 Å². The number of hydrogen-bond donors (Lipinski definition) is 3. The Balaban J connectivity index is 0.00000729. The van der Waals surface area contributed by atoms with E-state index in [-0.39, 0.29) is 36.4 Å². The molecule has 1 amide bonds. The second-order valence-corrected chi connectivity index (χ2v) is 6.03. The van der Waals surface area contributed by atoms with E-state index in [1.807, 2.05) is 24.3 Å². The van der Waals surface area contributed by atoms with Gasteiger partial charge in [-0.05, 0) is 30.5 Å². The van der Waals surface area contributed by atoms with E-state index in [2.05, 4.69) is 34.8 Å². The quantitative estimate of drug-likeness (QED) is 0.166. The van der Waals surface area contributed by atoms with Crippen molar-refractivity contribution in [2.75, 3.05) is 51.9 Å². The Morgan fingerprint density at radius 1 is 1.07 bits per heavy atom. The van der Waals surface area contributed by atoms with Gasteiger partial charge in [-0.25, -0.2) is 0 Å². The summed E-state index contributed by atoms with van der Waals surface area (Å²) in [5, 5.41) is 8.98. The first-order valence-electron chi connectivity index (χ1n) is 9.68. The maximum atomic E-state index is 12.1. The van der Waals surface area contributed by atoms with E-state index < -0.39 is 0 Å². The first kappa shape index (κ1) is 26.6. The molecular weight excluding hydrogens is 471 g/mol. The molecule has 0 radical (unpaired) electrons. The Morgan fingerprint density at radius 3 is 2.50 bits per heavy atom. The molecule has 1 rings (SSSR count). The average Bonchev–Trinajstić information content (AvgIpc) is 2.69. The third-order valence-corrected chi connectivity index (χ3v) is 3.81. The first-order chi connectivity index (χ1) is 13.2. The molecule has 0 atom stereocenters. The predicted octanol–water partition coefficient (Wildman–Crippen LogP) is 2.80. The minimum Gasteiger partial charge on any atom is -0.379 e. The van der Waals surface area contributed by atoms with Gasteiger partial charge in [0.2, 0.25) is 5.91 Å². The van der Waals surface area contributed by atoms with Crippen LogP contribution in [0, 0.1) is 0 Å². The van der Waals surface area contributed by atoms with Gasteiger partial charge in [-0.1, -0.05) is 32.4 Å². The molecule has 0 heterocycles. The number of nitrogens with one attached hydrogen (secondary N) is 3. The zero-order valence-electron chi connectivity index (χ0n) is 17.3. The maximum Gasteiger partial charge on any atom is 0.243 e. The first-order valence-corrected chi connectivity index (χ1v) is 9.68. The highest BCUT2D eigenvalue weighted by atomic mass is 127. The summed E-state index contributed by atoms with van der Waals surface area (Å²) < 4.78 is 10.9. The number of nitrogens with zero attached hydrogens (tertiary/aromatic N) is 1. The van der Waals surface area contributed by atoms with E-state index in [1.165, 1.54) is 5.56 Å². The molecule has 7 nitrogen and oxygen atoms in total. The Labute approximate surface area is 186 Å². The topological polar surface area (TPSA) is 84.0 Å². The number of ether oxygens (including phenoxy) is 2. The van der Waals surface area contributed by atoms with Gasteiger partial charge in [0.25, 0.3) is 0 Å². The molecule has 0 unspecified atom stereocenters. The van der Waals surface area contributed by atoms with Crippen LogP contribution < -0.4 is 16.0 Å². The summed E-state index contributed by atoms with van der Waals surface area (Å²) >= 11 is 0. The zero-order valence-corrected chi connectivity index (χ0v) is 19.6. The molecule has 1 aromatic carbocycles. The molecule has 0 spiro atoms. The van der Waals surface area contributed by atoms with E-state index in [9.17, 15) is 4.79 Å². The number of aliphatic imine (C=N–C) groups is 1. The fraction of sp³-hybridized carbons (Fsp3) is 0.600. The van der Waals surface area contributed by atoms with Crippen molar-refractivity contribution in [2.45, 2.75) is 33.1 Å². The lowest BCUT2D eigenvalue weighted by Crippen LogP contribution is -2.42. The number of guanidine groups is 1. The van der Waals surface area contributed by atoms with Gasteiger partial charge in [0.05, 0.1) is 26.4 Å². The van der Waals surface area contributed by atoms with Gasteiger partial charge in [0.15, 0.2) is 5.96 Å². The number of unbranched alkanes of at least 4 members (excludes halogenated alkanes) is 1. The lowest BCUT2D eigenvalue weighted by atomic mass is 10.1. The summed E-state index contributed by atoms with van der Waals surface area (Å²) in [5.41, 5.74) is 1.99. The van der Waals surface area contributed by atoms with E-state index in [1.54, 1.807) is 7.05 Å². The smallest absolute Gasteiger partial charge is 0.243 e. The Kier molecular flexibility index (Phi) is 16.8. The Bertz CT molecular complexity index is 570. The lowest BCUT2D eigenvalue weighted by molar-refractivity contribution is -0.115. The number of aryl methyl sites for hydroxylation is 1. The van der Waals surface area contributed by atoms with E-state index in [4.69, 9.17) is 9.47 Å². The van der Waals surface area contributed by atoms with Crippen LogP contribution in [0.2, 0.25) is 0 Å². The van der Waals surface area contributed by atoms with Crippen LogP contribution >= 0.6 is 24.0 Å². The second kappa shape index (κ2) is 17.7. The van der Waals surface area contributed by atoms with Crippen molar-refractivity contribution >= 4 is 41.5 Å². The Hall–Kier alpha value is -1.39. The highest BCUT2D eigenvalue weighted by molar-refractivity contribution is 14.0. The highest BCUT2D eigenvalue weighted by Gasteiger charge is 2.04. The van der Waals surface area contributed by atoms with Crippen molar-refractivity contribution in [2.24, 2.45) is 4.99 Å². The van der Waals surface area contributed by atoms with Crippen LogP contribution in [0.25, 0.3) is 0 Å². The molecule has 0 aliphatic heterocycles. The van der Waals surface area contributed by atoms with E-state index >= 15 is 0 Å². The second-order valence-electron chi connectivity index (χ2n) is 6.03. The predicted molar refractivity (Wildman–Crippen MR) is 126 cm³/mol. The number of hydrogen-bond acceptors (Lipinski definition) is 4. The van der Waals surface area contributed by atoms with Crippen LogP contribution in [0.4, 0.5) is 5.69 Å². The van der Waals surface area contributed by atoms with Crippen LogP contribution in [0.1, 0.15) is 32.3 Å². The summed E-state index contributed by atoms with van der Waals surface area (Å²) in [6, 6.07) is 7.85. The van der Waals surface area contributed by atoms with Gasteiger partial charge < -0.3 is 25.4 Å². The standard InChI is InChI=1S/C20H34N4O3.HI/c1-4-6-11-26-13-14-27-12-10-22-20(21-3)23-16-19(25)24-18-9-7-8-17(5-2)15-18;/h7-9,15H,4-6,10-14,16H2,1-3H3,(H,24,25)(H2,21,22,23);1H. The Morgan fingerprint density at radius 2 is 1.82 bits per heavy atom. The number of carbonyl (C=O) groups excluding carboxylic acids is 1. The van der Waals surface area contributed by atoms with Gasteiger partial charge in [-0.15, -0.1) is 24.0 Å². The van der Waals surface area contributed by atoms with Crippen LogP contribution in [0.5, 0.6) is 0 Å². The molecule has 1 aromatic rings. The van der Waals surface area contributed by atoms with E-state index in [0.29, 0.717) is 32.3 Å². The normalized spacial score (nSPS) is 10.9. The van der Waals surface area contributed by atoms with Crippen molar-refractivity contribution < 1.29 is 14.3 Å². The monoisotopic (exact) mass is 506 g/mol. The van der Waals surface area contributed by atoms with Crippen LogP contribution in [0.3, 0.4) is 0 Å². The number of amides is 1. The summed E-state index contributed by atoms with van der Waals surface area (Å²) in [6.07, 6.45) is 3.16. The van der Waals surface area contributed by atoms with Crippen LogP contribution in [-0.2, 0) is 20.7 Å². The van der Waals surface area contributed by atoms with Gasteiger partial charge in [-0.3, -0.25) is 9.79 Å². The minimum atomic E-state index is -0.119. The van der Waals surface area contributed by atoms with E-state index in [0.717, 1.165) is 31.6 Å². The van der Waals surface area contributed by atoms with Gasteiger partial charge in [0, 0.05) is 25.9 Å². The summed E-state index contributed by atoms with van der Waals surface area (Å²) in [4.78, 5) is 16.2. The van der Waals surface area contributed by atoms with Crippen LogP contribution in [0.15, 0.2) is 29.3 Å². The summed E-state index contributed by atoms with van der Waals surface area (Å²) in [6.45, 7) is 7.51. The third kappa shape index (κ3) is 12.9. The van der Waals surface area contributed by atoms with Crippen molar-refractivity contribution in [3.05, 3.63) is 29.8 Å². The fourth-order valence-electron chi connectivity index (χ4n) is 2.27. The molecular formula is C20H35IN4O3. The molecule has 0 aliphatic carbocycles. The molecule has 0 saturated carbocycles. The number of rotatable bonds is 13. The van der Waals surface area contributed by atoms with Gasteiger partial charge >= 0.3 is 0 Å². The van der Waals surface area contributed by atoms with Crippen molar-refractivity contribution in [3.8, 4) is 0 Å². The van der Waals surface area contributed by atoms with Crippen molar-refractivity contribution in [3.63, 3.8) is 0 Å². The number of benzene rings is 1. The summed E-state index contributed by atoms with van der Waals surface area (Å²) in [5.74, 6) is 0.446. The number of carbonyl (C=O) groups is 1. The zero-order chi connectivity index (χ0) is 19.7. The average molecular weight is 506 g/mol. The van der Waals surface area contributed by atoms with Gasteiger partial charge in [-0.2, -0.15) is 0 Å². The molecule has 3 N–H and O–H groups in total. The van der Waals surface area contributed by atoms with Gasteiger partial charge in [0.1, 0.15) is 0 Å². The maximum absolute atomic E-state index is 12.1. The van der Waals surface area contributed by atoms with Crippen molar-refractivity contribution in [1.29, 1.82) is 0 Å². The highest BCUT2D eigenvalue weighted by Crippen LogP contribution is 2.10. The third-order valence-electron chi connectivity index (χ3n) is 3.81. The minimum absolute atomic E-state index is 0. The summed E-state index contributed by atoms with van der Waals surface area (Å²) in [7, 11) is 1.67. The number of anilines is 1. The molecule has 28 heavy (non-hydrogen) atoms. The van der Waals surface area contributed by atoms with Crippen molar-refractivity contribution in [1.82, 2.24) is 10.6 Å². The molecule has 160 valence electrons. The molecule has 0 fully saturated rings. The largest absolute Gasteiger partial charge is 0.379 e. The molecule has 0 bridgehead atoms. The molecule has 8 heteroatoms. The lowest BCUT2D eigenvalue weighted by Gasteiger charge is -2.12. The molecule has 0 aromatic heterocycles. The SMILES string of the molecule is CCCCOCCOCCNC(=NC)NCC(=O)Nc1cccc(CC)c1.I. The molecule has 0 saturated heterocycles. The fourth-order valence-corrected chi connectivity index (χ4v) is 2.27. The molecule has 0 aliphatic rings.